The monoisotopic (exact) mass is 641 g/mol. The summed E-state index contributed by atoms with van der Waals surface area (Å²) in [5.41, 5.74) is 0. The quantitative estimate of drug-likeness (QED) is 0.241. The molecular weight excluding hydrogens is 608 g/mol. The Balaban J connectivity index is -0.0000000106. The maximum absolute atomic E-state index is 2.25. The second-order valence-electron chi connectivity index (χ2n) is 3.32. The molecule has 146 valence electrons. The molecule has 0 rings (SSSR count). The van der Waals surface area contributed by atoms with Crippen LogP contribution in [-0.2, 0) is 0 Å². The van der Waals surface area contributed by atoms with E-state index in [2.05, 4.69) is 57.5 Å². The van der Waals surface area contributed by atoms with Gasteiger partial charge in [-0.2, -0.15) is 0 Å². The molecule has 2 radical (unpaired) electrons. The van der Waals surface area contributed by atoms with Crippen LogP contribution < -0.4 is 90.4 Å². The first-order chi connectivity index (χ1) is 7.24. The van der Waals surface area contributed by atoms with Crippen molar-refractivity contribution in [2.24, 2.45) is 0 Å². The fourth-order valence-corrected chi connectivity index (χ4v) is 0.866. The molecule has 0 fully saturated rings. The first-order valence-electron chi connectivity index (χ1n) is 6.69. The van der Waals surface area contributed by atoms with Crippen molar-refractivity contribution >= 4 is 26.2 Å². The maximum atomic E-state index is 2.25. The van der Waals surface area contributed by atoms with E-state index in [0.717, 1.165) is 0 Å². The van der Waals surface area contributed by atoms with Crippen molar-refractivity contribution < 1.29 is 90.4 Å². The van der Waals surface area contributed by atoms with E-state index in [9.17, 15) is 0 Å². The Kier molecular flexibility index (Phi) is 263. The van der Waals surface area contributed by atoms with E-state index in [1.165, 1.54) is 39.3 Å². The van der Waals surface area contributed by atoms with E-state index in [-0.39, 0.29) is 101 Å². The smallest absolute Gasteiger partial charge is 1.00 e. The Labute approximate surface area is 196 Å². The van der Waals surface area contributed by atoms with Gasteiger partial charge in [-0.05, 0) is 41.5 Å². The Hall–Kier alpha value is 2.50. The van der Waals surface area contributed by atoms with Crippen molar-refractivity contribution in [3.05, 3.63) is 0 Å². The molecule has 0 heterocycles. The molecule has 0 amide bonds. The van der Waals surface area contributed by atoms with E-state index >= 15 is 0 Å². The summed E-state index contributed by atoms with van der Waals surface area (Å²) in [5.74, 6) is 0. The normalized spacial score (nSPS) is 5.73. The van der Waals surface area contributed by atoms with Gasteiger partial charge in [0.2, 0.25) is 0 Å². The third-order valence-corrected chi connectivity index (χ3v) is 1.73. The van der Waals surface area contributed by atoms with Crippen molar-refractivity contribution in [1.29, 1.82) is 0 Å². The van der Waals surface area contributed by atoms with Crippen LogP contribution in [0.2, 0.25) is 0 Å². The van der Waals surface area contributed by atoms with E-state index < -0.39 is 0 Å². The van der Waals surface area contributed by atoms with E-state index in [0.29, 0.717) is 0 Å². The molecule has 0 unspecified atom stereocenters. The van der Waals surface area contributed by atoms with Crippen molar-refractivity contribution in [3.8, 4) is 0 Å². The predicted molar refractivity (Wildman–Crippen MR) is 74.8 cm³/mol. The second kappa shape index (κ2) is 89.9. The van der Waals surface area contributed by atoms with Crippen molar-refractivity contribution in [3.63, 3.8) is 0 Å². The molecule has 0 saturated carbocycles. The number of quaternary nitrogens is 3. The number of nitrogens with two attached hydrogens (primary N) is 3. The Morgan fingerprint density at radius 3 is 0.455 bits per heavy atom. The summed E-state index contributed by atoms with van der Waals surface area (Å²) in [6.45, 7) is 20.2. The Bertz CT molecular complexity index is 71.6. The van der Waals surface area contributed by atoms with Gasteiger partial charge in [-0.1, -0.05) is 0 Å². The molecule has 22 heavy (non-hydrogen) atoms. The van der Waals surface area contributed by atoms with Gasteiger partial charge in [-0.3, -0.25) is 0 Å². The van der Waals surface area contributed by atoms with Crippen LogP contribution in [0.3, 0.4) is 0 Å². The average Bonchev–Trinajstić information content (AvgIpc) is 2.23. The molecule has 3 nitrogen and oxygen atoms in total. The third kappa shape index (κ3) is 144. The first kappa shape index (κ1) is 64.4. The van der Waals surface area contributed by atoms with Crippen molar-refractivity contribution in [2.45, 2.75) is 41.5 Å². The molecule has 0 aliphatic heterocycles. The maximum Gasteiger partial charge on any atom is 3.00 e. The molecule has 0 aromatic carbocycles. The van der Waals surface area contributed by atoms with Gasteiger partial charge in [0.05, 0.1) is 39.3 Å². The molecule has 10 heteroatoms. The topological polar surface area (TPSA) is 49.8 Å². The van der Waals surface area contributed by atoms with E-state index in [4.69, 9.17) is 0 Å². The minimum Gasteiger partial charge on any atom is -1.00 e. The van der Waals surface area contributed by atoms with Crippen molar-refractivity contribution in [2.75, 3.05) is 39.3 Å². The zero-order chi connectivity index (χ0) is 12.4. The number of hydrogen-bond donors (Lipinski definition) is 3. The van der Waals surface area contributed by atoms with Crippen LogP contribution >= 0.6 is 0 Å². The molecule has 0 spiro atoms. The number of hydrogen-bond acceptors (Lipinski definition) is 0. The fraction of sp³-hybridized carbons (Fsp3) is 1.00. The van der Waals surface area contributed by atoms with Gasteiger partial charge in [-0.25, -0.2) is 0 Å². The molecule has 0 bridgehead atoms. The SMILES string of the molecule is CC[NH2+]CC.CC[NH2+]CC.CC[NH2+]CC.[Bi+3].[Cl-].[Cl-].[Cl-].[Cl-].[Cl-].[Cl-]. The minimum absolute atomic E-state index is 0. The van der Waals surface area contributed by atoms with Crippen LogP contribution in [0.25, 0.3) is 0 Å². The first-order valence-corrected chi connectivity index (χ1v) is 6.69. The van der Waals surface area contributed by atoms with Crippen LogP contribution in [0.15, 0.2) is 0 Å². The van der Waals surface area contributed by atoms with Gasteiger partial charge in [0.25, 0.3) is 0 Å². The minimum atomic E-state index is 0. The second-order valence-corrected chi connectivity index (χ2v) is 3.32. The van der Waals surface area contributed by atoms with Crippen LogP contribution in [-0.4, -0.2) is 65.5 Å². The molecule has 0 atom stereocenters. The molecule has 0 aromatic rings. The third-order valence-electron chi connectivity index (χ3n) is 1.73. The van der Waals surface area contributed by atoms with Crippen LogP contribution in [0.5, 0.6) is 0 Å². The average molecular weight is 644 g/mol. The van der Waals surface area contributed by atoms with Crippen LogP contribution in [0.4, 0.5) is 0 Å². The Morgan fingerprint density at radius 2 is 0.455 bits per heavy atom. The van der Waals surface area contributed by atoms with Crippen LogP contribution in [0.1, 0.15) is 41.5 Å². The summed E-state index contributed by atoms with van der Waals surface area (Å²) >= 11 is 0. The molecule has 0 aliphatic carbocycles. The van der Waals surface area contributed by atoms with Gasteiger partial charge < -0.3 is 90.4 Å². The van der Waals surface area contributed by atoms with E-state index in [1.54, 1.807) is 0 Å². The van der Waals surface area contributed by atoms with Gasteiger partial charge in [-0.15, -0.1) is 0 Å². The zero-order valence-corrected chi connectivity index (χ0v) is 22.7. The molecule has 0 saturated heterocycles. The summed E-state index contributed by atoms with van der Waals surface area (Å²) < 4.78 is 0. The summed E-state index contributed by atoms with van der Waals surface area (Å²) in [7, 11) is 0. The zero-order valence-electron chi connectivity index (χ0n) is 14.7. The van der Waals surface area contributed by atoms with Crippen molar-refractivity contribution in [1.82, 2.24) is 0 Å². The van der Waals surface area contributed by atoms with E-state index in [1.807, 2.05) is 0 Å². The molecule has 0 aromatic heterocycles. The largest absolute Gasteiger partial charge is 3.00 e. The van der Waals surface area contributed by atoms with Crippen LogP contribution in [0, 0.1) is 0 Å². The summed E-state index contributed by atoms with van der Waals surface area (Å²) in [6, 6.07) is 0. The standard InChI is InChI=1S/3C4H11N.Bi.6ClH/c3*1-3-5-4-2;;;;;;;/h3*5H,3-4H2,1-2H3;;6*1H/q;;;+3;;;;;;/p-3. The van der Waals surface area contributed by atoms with Gasteiger partial charge >= 0.3 is 26.2 Å². The summed E-state index contributed by atoms with van der Waals surface area (Å²) in [5, 5.41) is 6.75. The fourth-order valence-electron chi connectivity index (χ4n) is 0.866. The summed E-state index contributed by atoms with van der Waals surface area (Å²) in [6.07, 6.45) is 0. The summed E-state index contributed by atoms with van der Waals surface area (Å²) in [4.78, 5) is 0. The van der Waals surface area contributed by atoms with Gasteiger partial charge in [0.15, 0.2) is 0 Å². The molecular formula is C12H36BiCl6N3. The predicted octanol–water partition coefficient (Wildman–Crippen LogP) is -19.6. The molecule has 6 N–H and O–H groups in total. The number of halogens is 6. The molecule has 0 aliphatic rings. The van der Waals surface area contributed by atoms with Gasteiger partial charge in [0, 0.05) is 0 Å². The van der Waals surface area contributed by atoms with Gasteiger partial charge in [0.1, 0.15) is 0 Å². The Morgan fingerprint density at radius 1 is 0.364 bits per heavy atom. The number of rotatable bonds is 6.